The Morgan fingerprint density at radius 2 is 2.06 bits per heavy atom. The van der Waals surface area contributed by atoms with Gasteiger partial charge in [-0.25, -0.2) is 9.36 Å². The second-order valence-corrected chi connectivity index (χ2v) is 8.05. The molecule has 0 bridgehead atoms. The summed E-state index contributed by atoms with van der Waals surface area (Å²) in [6.45, 7) is -0.0690. The molecule has 1 amide bonds. The third-order valence-corrected chi connectivity index (χ3v) is 5.07. The standard InChI is InChI=1S/C17H19F3N3O9P/c1-10(24)32-33(28,29)30-9-12-5-6-13(31-12)23-8-11(14(25)22-16(23)27)4-2-3-7-21-15(26)17(18,19)20/h8,12-13H,4-7,9H2,1H3,(H,21,26)(H,28,29)(H,22,25,27). The van der Waals surface area contributed by atoms with E-state index in [-0.39, 0.29) is 18.4 Å². The number of amides is 1. The molecule has 0 aliphatic carbocycles. The molecule has 2 rings (SSSR count). The molecule has 0 aromatic carbocycles. The average molecular weight is 497 g/mol. The molecule has 0 saturated carbocycles. The lowest BCUT2D eigenvalue weighted by Gasteiger charge is -2.17. The summed E-state index contributed by atoms with van der Waals surface area (Å²) in [5.41, 5.74) is -1.54. The molecule has 2 heterocycles. The molecule has 12 nitrogen and oxygen atoms in total. The summed E-state index contributed by atoms with van der Waals surface area (Å²) in [6, 6.07) is 0. The van der Waals surface area contributed by atoms with Gasteiger partial charge in [-0.15, -0.1) is 0 Å². The molecule has 0 spiro atoms. The fourth-order valence-electron chi connectivity index (χ4n) is 2.69. The summed E-state index contributed by atoms with van der Waals surface area (Å²) in [5.74, 6) is 1.52. The minimum atomic E-state index is -5.03. The van der Waals surface area contributed by atoms with E-state index in [1.807, 2.05) is 0 Å². The molecule has 1 aliphatic rings. The van der Waals surface area contributed by atoms with Gasteiger partial charge in [0.25, 0.3) is 5.56 Å². The number of phosphoric ester groups is 1. The summed E-state index contributed by atoms with van der Waals surface area (Å²) >= 11 is 0. The first kappa shape index (κ1) is 26.3. The number of hydrogen-bond acceptors (Lipinski definition) is 8. The number of halogens is 3. The van der Waals surface area contributed by atoms with Crippen molar-refractivity contribution >= 4 is 19.7 Å². The van der Waals surface area contributed by atoms with Crippen LogP contribution in [0.15, 0.2) is 15.8 Å². The van der Waals surface area contributed by atoms with Gasteiger partial charge in [-0.2, -0.15) is 13.2 Å². The largest absolute Gasteiger partial charge is 0.529 e. The third-order valence-electron chi connectivity index (χ3n) is 4.10. The maximum atomic E-state index is 12.1. The van der Waals surface area contributed by atoms with Crippen LogP contribution in [0.1, 0.15) is 31.6 Å². The summed E-state index contributed by atoms with van der Waals surface area (Å²) < 4.78 is 63.3. The van der Waals surface area contributed by atoms with E-state index in [9.17, 15) is 41.8 Å². The van der Waals surface area contributed by atoms with Crippen molar-refractivity contribution in [3.8, 4) is 11.8 Å². The van der Waals surface area contributed by atoms with Crippen LogP contribution in [0.2, 0.25) is 0 Å². The zero-order valence-corrected chi connectivity index (χ0v) is 17.9. The lowest BCUT2D eigenvalue weighted by atomic mass is 10.2. The Balaban J connectivity index is 1.99. The van der Waals surface area contributed by atoms with Crippen LogP contribution in [0.5, 0.6) is 0 Å². The molecular formula is C17H19F3N3O9P. The predicted octanol–water partition coefficient (Wildman–Crippen LogP) is 0.119. The van der Waals surface area contributed by atoms with Gasteiger partial charge in [0.05, 0.1) is 19.3 Å². The number of ether oxygens (including phenoxy) is 1. The number of alkyl halides is 3. The van der Waals surface area contributed by atoms with Crippen molar-refractivity contribution in [2.45, 2.75) is 44.7 Å². The number of hydrogen-bond donors (Lipinski definition) is 3. The van der Waals surface area contributed by atoms with Crippen molar-refractivity contribution < 1.29 is 46.0 Å². The molecule has 1 aromatic heterocycles. The van der Waals surface area contributed by atoms with Gasteiger partial charge in [-0.05, 0) is 12.8 Å². The zero-order valence-electron chi connectivity index (χ0n) is 17.0. The highest BCUT2D eigenvalue weighted by atomic mass is 31.2. The van der Waals surface area contributed by atoms with Crippen LogP contribution in [0, 0.1) is 11.8 Å². The lowest BCUT2D eigenvalue weighted by molar-refractivity contribution is -0.173. The number of aromatic amines is 1. The van der Waals surface area contributed by atoms with Gasteiger partial charge in [-0.3, -0.25) is 33.4 Å². The molecule has 33 heavy (non-hydrogen) atoms. The maximum Gasteiger partial charge on any atom is 0.529 e. The highest BCUT2D eigenvalue weighted by Crippen LogP contribution is 2.44. The fraction of sp³-hybridized carbons (Fsp3) is 0.529. The second kappa shape index (κ2) is 10.8. The fourth-order valence-corrected chi connectivity index (χ4v) is 3.42. The SMILES string of the molecule is CC(=O)OP(=O)(O)OCC1CCC(n2cc(CC#CCNC(=O)C(F)(F)F)c(=O)[nH]c2=O)O1. The van der Waals surface area contributed by atoms with Gasteiger partial charge in [0.2, 0.25) is 0 Å². The topological polar surface area (TPSA) is 166 Å². The summed E-state index contributed by atoms with van der Waals surface area (Å²) in [5, 5.41) is 1.55. The molecule has 182 valence electrons. The van der Waals surface area contributed by atoms with E-state index in [4.69, 9.17) is 4.74 Å². The molecular weight excluding hydrogens is 478 g/mol. The van der Waals surface area contributed by atoms with Gasteiger partial charge < -0.3 is 14.6 Å². The van der Waals surface area contributed by atoms with E-state index in [2.05, 4.69) is 25.9 Å². The Morgan fingerprint density at radius 1 is 1.36 bits per heavy atom. The van der Waals surface area contributed by atoms with E-state index in [1.165, 1.54) is 6.20 Å². The zero-order chi connectivity index (χ0) is 24.8. The number of carbonyl (C=O) groups excluding carboxylic acids is 2. The van der Waals surface area contributed by atoms with Gasteiger partial charge in [0.15, 0.2) is 0 Å². The van der Waals surface area contributed by atoms with Crippen molar-refractivity contribution in [2.24, 2.45) is 0 Å². The van der Waals surface area contributed by atoms with E-state index in [1.54, 1.807) is 5.32 Å². The van der Waals surface area contributed by atoms with Crippen molar-refractivity contribution in [3.63, 3.8) is 0 Å². The Bertz CT molecular complexity index is 1120. The number of rotatable bonds is 7. The van der Waals surface area contributed by atoms with Crippen LogP contribution >= 0.6 is 7.82 Å². The van der Waals surface area contributed by atoms with Crippen molar-refractivity contribution in [1.29, 1.82) is 0 Å². The Hall–Kier alpha value is -2.92. The first-order chi connectivity index (χ1) is 15.3. The Morgan fingerprint density at radius 3 is 2.70 bits per heavy atom. The van der Waals surface area contributed by atoms with Crippen LogP contribution in [0.4, 0.5) is 13.2 Å². The Labute approximate surface area is 183 Å². The number of carbonyl (C=O) groups is 2. The van der Waals surface area contributed by atoms with Gasteiger partial charge in [-0.1, -0.05) is 11.8 Å². The molecule has 3 unspecified atom stereocenters. The van der Waals surface area contributed by atoms with Crippen LogP contribution in [-0.2, 0) is 34.4 Å². The normalized spacial score (nSPS) is 19.8. The summed E-state index contributed by atoms with van der Waals surface area (Å²) in [6.07, 6.45) is -5.08. The molecule has 0 radical (unpaired) electrons. The molecule has 1 fully saturated rings. The minimum Gasteiger partial charge on any atom is -0.371 e. The van der Waals surface area contributed by atoms with Crippen molar-refractivity contribution in [2.75, 3.05) is 13.2 Å². The predicted molar refractivity (Wildman–Crippen MR) is 103 cm³/mol. The first-order valence-electron chi connectivity index (χ1n) is 9.26. The second-order valence-electron chi connectivity index (χ2n) is 6.67. The average Bonchev–Trinajstić information content (AvgIpc) is 3.14. The maximum absolute atomic E-state index is 12.1. The van der Waals surface area contributed by atoms with Gasteiger partial charge in [0, 0.05) is 25.1 Å². The third kappa shape index (κ3) is 8.17. The van der Waals surface area contributed by atoms with Gasteiger partial charge in [0.1, 0.15) is 6.23 Å². The molecule has 1 aromatic rings. The molecule has 16 heteroatoms. The van der Waals surface area contributed by atoms with Crippen LogP contribution < -0.4 is 16.6 Å². The highest BCUT2D eigenvalue weighted by Gasteiger charge is 2.38. The number of nitrogens with zero attached hydrogens (tertiary/aromatic N) is 1. The lowest BCUT2D eigenvalue weighted by Crippen LogP contribution is -2.36. The minimum absolute atomic E-state index is 0.0160. The van der Waals surface area contributed by atoms with Crippen molar-refractivity contribution in [3.05, 3.63) is 32.6 Å². The van der Waals surface area contributed by atoms with Crippen LogP contribution in [0.25, 0.3) is 0 Å². The van der Waals surface area contributed by atoms with E-state index >= 15 is 0 Å². The molecule has 3 atom stereocenters. The van der Waals surface area contributed by atoms with E-state index in [0.29, 0.717) is 6.42 Å². The number of nitrogens with one attached hydrogen (secondary N) is 2. The van der Waals surface area contributed by atoms with Gasteiger partial charge >= 0.3 is 31.6 Å². The first-order valence-corrected chi connectivity index (χ1v) is 10.8. The molecule has 3 N–H and O–H groups in total. The van der Waals surface area contributed by atoms with Crippen LogP contribution in [0.3, 0.4) is 0 Å². The van der Waals surface area contributed by atoms with Crippen molar-refractivity contribution in [1.82, 2.24) is 14.9 Å². The number of H-pyrrole nitrogens is 1. The number of phosphoric acid groups is 1. The Kier molecular flexibility index (Phi) is 8.62. The number of aromatic nitrogens is 2. The molecule has 1 aliphatic heterocycles. The quantitative estimate of drug-likeness (QED) is 0.350. The van der Waals surface area contributed by atoms with E-state index < -0.39 is 62.6 Å². The van der Waals surface area contributed by atoms with E-state index in [0.717, 1.165) is 11.5 Å². The molecule has 1 saturated heterocycles. The highest BCUT2D eigenvalue weighted by molar-refractivity contribution is 7.48. The smallest absolute Gasteiger partial charge is 0.371 e. The monoisotopic (exact) mass is 497 g/mol. The summed E-state index contributed by atoms with van der Waals surface area (Å²) in [7, 11) is -4.60. The van der Waals surface area contributed by atoms with Crippen LogP contribution in [-0.4, -0.2) is 51.8 Å². The summed E-state index contributed by atoms with van der Waals surface area (Å²) in [4.78, 5) is 57.0.